The van der Waals surface area contributed by atoms with Crippen molar-refractivity contribution in [3.63, 3.8) is 0 Å². The second kappa shape index (κ2) is 6.17. The maximum Gasteiger partial charge on any atom is 0.214 e. The molecule has 1 saturated heterocycles. The van der Waals surface area contributed by atoms with Gasteiger partial charge in [-0.1, -0.05) is 37.3 Å². The number of hydrogen-bond donors (Lipinski definition) is 0. The fourth-order valence-corrected chi connectivity index (χ4v) is 4.44. The van der Waals surface area contributed by atoms with Crippen molar-refractivity contribution in [2.24, 2.45) is 5.41 Å². The molecule has 0 amide bonds. The van der Waals surface area contributed by atoms with Crippen molar-refractivity contribution >= 4 is 10.0 Å². The molecular weight excluding hydrogens is 284 g/mol. The van der Waals surface area contributed by atoms with Crippen LogP contribution in [0.5, 0.6) is 0 Å². The molecule has 0 saturated carbocycles. The molecular formula is C16H22N2O2S. The predicted molar refractivity (Wildman–Crippen MR) is 83.2 cm³/mol. The summed E-state index contributed by atoms with van der Waals surface area (Å²) in [7, 11) is -3.27. The molecule has 0 N–H and O–H groups in total. The number of hydrogen-bond acceptors (Lipinski definition) is 3. The molecule has 0 bridgehead atoms. The van der Waals surface area contributed by atoms with Gasteiger partial charge in [-0.25, -0.2) is 12.7 Å². The second-order valence-corrected chi connectivity index (χ2v) is 8.18. The van der Waals surface area contributed by atoms with E-state index in [2.05, 4.69) is 6.07 Å². The topological polar surface area (TPSA) is 61.2 Å². The first-order valence-corrected chi connectivity index (χ1v) is 8.91. The largest absolute Gasteiger partial charge is 0.214 e. The van der Waals surface area contributed by atoms with Gasteiger partial charge in [-0.3, -0.25) is 0 Å². The SMILES string of the molecule is CC(CS(=O)(=O)N1CCC(C)(C#N)CC1)c1ccccc1. The first kappa shape index (κ1) is 16.0. The molecule has 21 heavy (non-hydrogen) atoms. The molecule has 0 radical (unpaired) electrons. The minimum absolute atomic E-state index is 0.0273. The van der Waals surface area contributed by atoms with Gasteiger partial charge in [0, 0.05) is 13.1 Å². The quantitative estimate of drug-likeness (QED) is 0.859. The zero-order valence-corrected chi connectivity index (χ0v) is 13.4. The third-order valence-corrected chi connectivity index (χ3v) is 6.39. The smallest absolute Gasteiger partial charge is 0.212 e. The summed E-state index contributed by atoms with van der Waals surface area (Å²) in [4.78, 5) is 0. The fraction of sp³-hybridized carbons (Fsp3) is 0.562. The third-order valence-electron chi connectivity index (χ3n) is 4.32. The third kappa shape index (κ3) is 3.84. The Bertz CT molecular complexity index is 611. The number of nitrogens with zero attached hydrogens (tertiary/aromatic N) is 2. The van der Waals surface area contributed by atoms with Crippen LogP contribution in [0.4, 0.5) is 0 Å². The van der Waals surface area contributed by atoms with Gasteiger partial charge in [-0.2, -0.15) is 5.26 Å². The van der Waals surface area contributed by atoms with Gasteiger partial charge >= 0.3 is 0 Å². The molecule has 0 aromatic heterocycles. The lowest BCUT2D eigenvalue weighted by Gasteiger charge is -2.34. The van der Waals surface area contributed by atoms with E-state index in [0.717, 1.165) is 5.56 Å². The van der Waals surface area contributed by atoms with Crippen molar-refractivity contribution in [3.8, 4) is 6.07 Å². The van der Waals surface area contributed by atoms with E-state index in [1.165, 1.54) is 0 Å². The zero-order chi connectivity index (χ0) is 15.5. The standard InChI is InChI=1S/C16H22N2O2S/c1-14(15-6-4-3-5-7-15)12-21(19,20)18-10-8-16(2,13-17)9-11-18/h3-7,14H,8-12H2,1-2H3. The van der Waals surface area contributed by atoms with E-state index in [4.69, 9.17) is 5.26 Å². The summed E-state index contributed by atoms with van der Waals surface area (Å²) in [6.45, 7) is 4.75. The van der Waals surface area contributed by atoms with E-state index in [-0.39, 0.29) is 17.1 Å². The lowest BCUT2D eigenvalue weighted by molar-refractivity contribution is 0.232. The summed E-state index contributed by atoms with van der Waals surface area (Å²) < 4.78 is 26.6. The molecule has 2 rings (SSSR count). The minimum atomic E-state index is -3.27. The molecule has 1 atom stereocenters. The Morgan fingerprint density at radius 3 is 2.38 bits per heavy atom. The summed E-state index contributed by atoms with van der Waals surface area (Å²) in [5.41, 5.74) is 0.664. The van der Waals surface area contributed by atoms with E-state index in [1.54, 1.807) is 4.31 Å². The molecule has 4 nitrogen and oxygen atoms in total. The predicted octanol–water partition coefficient (Wildman–Crippen LogP) is 2.75. The zero-order valence-electron chi connectivity index (χ0n) is 12.6. The van der Waals surface area contributed by atoms with Crippen LogP contribution in [0.15, 0.2) is 30.3 Å². The lowest BCUT2D eigenvalue weighted by Crippen LogP contribution is -2.43. The van der Waals surface area contributed by atoms with Crippen LogP contribution < -0.4 is 0 Å². The van der Waals surface area contributed by atoms with Gasteiger partial charge in [0.05, 0.1) is 17.2 Å². The molecule has 1 aliphatic rings. The van der Waals surface area contributed by atoms with Crippen molar-refractivity contribution in [3.05, 3.63) is 35.9 Å². The Kier molecular flexibility index (Phi) is 4.70. The average Bonchev–Trinajstić information content (AvgIpc) is 2.48. The summed E-state index contributed by atoms with van der Waals surface area (Å²) in [6, 6.07) is 12.0. The highest BCUT2D eigenvalue weighted by molar-refractivity contribution is 7.89. The maximum absolute atomic E-state index is 12.5. The van der Waals surface area contributed by atoms with Gasteiger partial charge in [0.2, 0.25) is 10.0 Å². The van der Waals surface area contributed by atoms with Gasteiger partial charge in [-0.05, 0) is 31.2 Å². The number of benzene rings is 1. The van der Waals surface area contributed by atoms with E-state index in [9.17, 15) is 8.42 Å². The van der Waals surface area contributed by atoms with Crippen molar-refractivity contribution in [2.75, 3.05) is 18.8 Å². The molecule has 1 unspecified atom stereocenters. The van der Waals surface area contributed by atoms with Crippen molar-refractivity contribution in [1.82, 2.24) is 4.31 Å². The van der Waals surface area contributed by atoms with E-state index < -0.39 is 10.0 Å². The van der Waals surface area contributed by atoms with Crippen LogP contribution in [0.25, 0.3) is 0 Å². The number of nitriles is 1. The second-order valence-electron chi connectivity index (χ2n) is 6.16. The van der Waals surface area contributed by atoms with Crippen LogP contribution in [0.2, 0.25) is 0 Å². The highest BCUT2D eigenvalue weighted by Crippen LogP contribution is 2.31. The van der Waals surface area contributed by atoms with Gasteiger partial charge in [0.25, 0.3) is 0 Å². The molecule has 1 fully saturated rings. The Balaban J connectivity index is 2.02. The van der Waals surface area contributed by atoms with Crippen LogP contribution in [-0.2, 0) is 10.0 Å². The van der Waals surface area contributed by atoms with Crippen molar-refractivity contribution in [1.29, 1.82) is 5.26 Å². The fourth-order valence-electron chi connectivity index (χ4n) is 2.67. The molecule has 0 spiro atoms. The first-order chi connectivity index (χ1) is 9.86. The normalized spacial score (nSPS) is 20.6. The first-order valence-electron chi connectivity index (χ1n) is 7.30. The van der Waals surface area contributed by atoms with Gasteiger partial charge in [-0.15, -0.1) is 0 Å². The van der Waals surface area contributed by atoms with Gasteiger partial charge < -0.3 is 0 Å². The Morgan fingerprint density at radius 2 is 1.86 bits per heavy atom. The summed E-state index contributed by atoms with van der Waals surface area (Å²) >= 11 is 0. The average molecular weight is 306 g/mol. The van der Waals surface area contributed by atoms with Crippen LogP contribution in [0.3, 0.4) is 0 Å². The summed E-state index contributed by atoms with van der Waals surface area (Å²) in [5.74, 6) is 0.0979. The van der Waals surface area contributed by atoms with E-state index >= 15 is 0 Å². The van der Waals surface area contributed by atoms with Crippen LogP contribution in [0.1, 0.15) is 38.2 Å². The highest BCUT2D eigenvalue weighted by Gasteiger charge is 2.35. The van der Waals surface area contributed by atoms with Crippen LogP contribution in [0, 0.1) is 16.7 Å². The Hall–Kier alpha value is -1.38. The van der Waals surface area contributed by atoms with Crippen molar-refractivity contribution in [2.45, 2.75) is 32.6 Å². The highest BCUT2D eigenvalue weighted by atomic mass is 32.2. The number of piperidine rings is 1. The van der Waals surface area contributed by atoms with E-state index in [0.29, 0.717) is 25.9 Å². The van der Waals surface area contributed by atoms with E-state index in [1.807, 2.05) is 44.2 Å². The molecule has 114 valence electrons. The molecule has 5 heteroatoms. The number of sulfonamides is 1. The van der Waals surface area contributed by atoms with Crippen molar-refractivity contribution < 1.29 is 8.42 Å². The molecule has 0 aliphatic carbocycles. The number of rotatable bonds is 4. The Labute approximate surface area is 127 Å². The maximum atomic E-state index is 12.5. The van der Waals surface area contributed by atoms with Crippen LogP contribution in [-0.4, -0.2) is 31.6 Å². The van der Waals surface area contributed by atoms with Gasteiger partial charge in [0.15, 0.2) is 0 Å². The molecule has 1 aliphatic heterocycles. The summed E-state index contributed by atoms with van der Waals surface area (Å²) in [6.07, 6.45) is 1.23. The lowest BCUT2D eigenvalue weighted by atomic mass is 9.83. The Morgan fingerprint density at radius 1 is 1.29 bits per heavy atom. The molecule has 1 aromatic rings. The van der Waals surface area contributed by atoms with Crippen LogP contribution >= 0.6 is 0 Å². The monoisotopic (exact) mass is 306 g/mol. The minimum Gasteiger partial charge on any atom is -0.212 e. The molecule has 1 heterocycles. The molecule has 1 aromatic carbocycles. The van der Waals surface area contributed by atoms with Gasteiger partial charge in [0.1, 0.15) is 0 Å². The summed E-state index contributed by atoms with van der Waals surface area (Å²) in [5, 5.41) is 9.12.